The number of ether oxygens (including phenoxy) is 8. The number of aliphatic carboxylic acids is 1. The number of nitrogens with one attached hydrogen (secondary N) is 2. The van der Waals surface area contributed by atoms with E-state index in [0.717, 1.165) is 133 Å². The van der Waals surface area contributed by atoms with Crippen LogP contribution < -0.4 is 55.2 Å². The van der Waals surface area contributed by atoms with Gasteiger partial charge in [0.1, 0.15) is 53.4 Å². The van der Waals surface area contributed by atoms with Crippen LogP contribution in [-0.2, 0) is 121 Å². The first-order valence-corrected chi connectivity index (χ1v) is 45.4. The van der Waals surface area contributed by atoms with Gasteiger partial charge in [0.05, 0.1) is 77.2 Å². The Balaban J connectivity index is 0.000000188. The second kappa shape index (κ2) is 52.2. The Labute approximate surface area is 835 Å². The minimum Gasteiger partial charge on any atom is -0.870 e. The van der Waals surface area contributed by atoms with Crippen LogP contribution in [0.3, 0.4) is 0 Å². The molecule has 0 aliphatic heterocycles. The summed E-state index contributed by atoms with van der Waals surface area (Å²) in [4.78, 5) is 69.9. The van der Waals surface area contributed by atoms with Gasteiger partial charge in [-0.1, -0.05) is 121 Å². The third kappa shape index (κ3) is 31.3. The van der Waals surface area contributed by atoms with E-state index in [2.05, 4.69) is 15.4 Å². The molecule has 31 heteroatoms. The molecule has 0 saturated heterocycles. The van der Waals surface area contributed by atoms with Gasteiger partial charge in [0, 0.05) is 92.2 Å². The Morgan fingerprint density at radius 2 is 0.636 bits per heavy atom. The molecule has 0 fully saturated rings. The van der Waals surface area contributed by atoms with E-state index in [4.69, 9.17) is 67.4 Å². The number of carboxylic acids is 1. The second-order valence-electron chi connectivity index (χ2n) is 34.3. The number of amides is 2. The van der Waals surface area contributed by atoms with Crippen LogP contribution in [0.15, 0.2) is 285 Å². The number of aromatic hydroxyl groups is 1. The van der Waals surface area contributed by atoms with E-state index in [1.54, 1.807) is 70.1 Å². The minimum atomic E-state index is -1.05. The molecule has 16 rings (SSSR count). The Bertz CT molecular complexity index is 7060. The first-order valence-electron chi connectivity index (χ1n) is 45.4. The monoisotopic (exact) mass is 1950 g/mol. The van der Waals surface area contributed by atoms with Gasteiger partial charge in [-0.05, 0) is 250 Å². The van der Waals surface area contributed by atoms with E-state index in [1.165, 1.54) is 42.5 Å². The molecule has 4 aromatic heterocycles. The third-order valence-corrected chi connectivity index (χ3v) is 21.3. The van der Waals surface area contributed by atoms with Crippen molar-refractivity contribution in [3.8, 4) is 67.5 Å². The molecule has 0 aliphatic carbocycles. The maximum atomic E-state index is 14.7. The number of esters is 3. The maximum Gasteiger partial charge on any atom is 1.00 e. The van der Waals surface area contributed by atoms with E-state index in [0.29, 0.717) is 48.5 Å². The SMILES string of the molecule is CC(C)(C)OC(=O)NCc1cccc(-c2cc(CO)cc3ccoc23)c1.CCOC(=O)Cc1cccc(F)c1O.CCOC(=O)Cc1cccc(F)c1OCc1cc(-c2cccc(CN)c2)c2occc2c1.CCOC(=O)Cc1cccc(F)c1OCc1cc(-c2cccc(CNC(=O)OC(C)(C)C)c2)c2occc2c1.NCc1cccc(-c2cc(COc3c(F)cccc3CC(=O)O)cc3ccoc23)c1.[Li+].[OH-]. The number of nitrogens with two attached hydrogens (primary N) is 2. The summed E-state index contributed by atoms with van der Waals surface area (Å²) in [6.45, 7) is 18.6. The van der Waals surface area contributed by atoms with Crippen molar-refractivity contribution in [1.29, 1.82) is 0 Å². The number of benzene rings is 12. The summed E-state index contributed by atoms with van der Waals surface area (Å²) in [6.07, 6.45) is 5.00. The summed E-state index contributed by atoms with van der Waals surface area (Å²) in [5, 5.41) is 37.0. The van der Waals surface area contributed by atoms with Crippen LogP contribution in [-0.4, -0.2) is 87.9 Å². The van der Waals surface area contributed by atoms with Crippen LogP contribution in [0, 0.1) is 23.3 Å². The van der Waals surface area contributed by atoms with E-state index < -0.39 is 76.3 Å². The molecule has 26 nitrogen and oxygen atoms in total. The molecule has 0 unspecified atom stereocenters. The molecule has 0 aliphatic rings. The average molecular weight is 1950 g/mol. The fourth-order valence-electron chi connectivity index (χ4n) is 15.2. The quantitative estimate of drug-likeness (QED) is 0.00918. The molecule has 740 valence electrons. The van der Waals surface area contributed by atoms with Gasteiger partial charge < -0.3 is 98.5 Å². The van der Waals surface area contributed by atoms with Gasteiger partial charge in [-0.15, -0.1) is 0 Å². The van der Waals surface area contributed by atoms with Crippen LogP contribution >= 0.6 is 0 Å². The summed E-state index contributed by atoms with van der Waals surface area (Å²) in [7, 11) is 0. The number of aliphatic hydroxyl groups is 1. The number of halogens is 4. The summed E-state index contributed by atoms with van der Waals surface area (Å²) in [5.41, 5.74) is 29.3. The molecule has 10 N–H and O–H groups in total. The van der Waals surface area contributed by atoms with E-state index >= 15 is 0 Å². The second-order valence-corrected chi connectivity index (χ2v) is 34.3. The molecular formula is C112H111F4LiN4O22. The third-order valence-electron chi connectivity index (χ3n) is 21.3. The summed E-state index contributed by atoms with van der Waals surface area (Å²) in [5.74, 6) is -5.24. The number of aliphatic hydroxyl groups excluding tert-OH is 1. The number of fused-ring (bicyclic) bond motifs is 4. The number of carboxylic acid groups (broad SMARTS) is 1. The molecule has 12 aromatic carbocycles. The van der Waals surface area contributed by atoms with Gasteiger partial charge in [0.2, 0.25) is 0 Å². The van der Waals surface area contributed by atoms with Crippen molar-refractivity contribution >= 4 is 79.9 Å². The van der Waals surface area contributed by atoms with Crippen LogP contribution in [0.4, 0.5) is 27.2 Å². The molecule has 2 amide bonds. The zero-order valence-electron chi connectivity index (χ0n) is 80.8. The number of hydrogen-bond acceptors (Lipinski definition) is 23. The summed E-state index contributed by atoms with van der Waals surface area (Å²) >= 11 is 0. The van der Waals surface area contributed by atoms with Gasteiger partial charge in [0.25, 0.3) is 0 Å². The van der Waals surface area contributed by atoms with E-state index in [-0.39, 0.29) is 119 Å². The van der Waals surface area contributed by atoms with Crippen molar-refractivity contribution in [3.05, 3.63) is 358 Å². The van der Waals surface area contributed by atoms with E-state index in [9.17, 15) is 56.5 Å². The summed E-state index contributed by atoms with van der Waals surface area (Å²) < 4.78 is 122. The topological polar surface area (TPSA) is 396 Å². The molecule has 0 radical (unpaired) electrons. The fraction of sp³-hybridized carbons (Fsp3) is 0.232. The molecule has 0 bridgehead atoms. The molecular weight excluding hydrogens is 1840 g/mol. The first-order chi connectivity index (χ1) is 67.8. The van der Waals surface area contributed by atoms with Crippen molar-refractivity contribution in [2.24, 2.45) is 11.5 Å². The number of carbonyl (C=O) groups excluding carboxylic acids is 5. The number of alkyl carbamates (subject to hydrolysis) is 2. The van der Waals surface area contributed by atoms with Crippen molar-refractivity contribution in [1.82, 2.24) is 10.6 Å². The standard InChI is InChI=1S/C31H32FNO6.C26H24FNO4.C24H20FNO4.C21H23NO4.C10H11FO3.Li.H2O/c1-5-36-27(34)17-23-10-7-11-26(32)29(23)38-19-21-15-24-12-13-37-28(24)25(16-21)22-9-6-8-20(14-22)18-33-30(35)39-31(2,3)4;1-2-30-24(29)14-20-7-4-8-23(27)26(20)32-16-18-12-21-9-10-31-25(21)22(13-18)19-6-3-5-17(11-19)15-28;25-21-6-2-5-18(12-22(27)28)24(21)30-14-16-10-19-7-8-29-23(19)20(11-16)17-4-1-3-15(9-17)13-26;1-21(2,3)26-20(24)22-12-14-5-4-6-16(9-14)18-11-15(13-23)10-17-7-8-25-19(17)18;1-2-14-9(12)6-7-4-3-5-8(11)10(7)13;;/h6-16H,5,17-19H2,1-4H3,(H,33,35);3-13H,2,14-16,28H2,1H3;1-11H,12-14,26H2,(H,27,28);4-11,23H,12-13H2,1-3H3,(H,22,24);3-5,13H,2,6H2,1H3;;1H2/q;;;;;+1;/p-1. The number of phenols is 1. The maximum absolute atomic E-state index is 14.7. The van der Waals surface area contributed by atoms with E-state index in [1.807, 2.05) is 211 Å². The predicted molar refractivity (Wildman–Crippen MR) is 529 cm³/mol. The molecule has 0 saturated carbocycles. The molecule has 16 aromatic rings. The normalized spacial score (nSPS) is 10.9. The number of phenolic OH excluding ortho intramolecular Hbond substituents is 1. The molecule has 0 spiro atoms. The van der Waals surface area contributed by atoms with Gasteiger partial charge in [0.15, 0.2) is 46.3 Å². The van der Waals surface area contributed by atoms with Crippen LogP contribution in [0.5, 0.6) is 23.0 Å². The fourth-order valence-corrected chi connectivity index (χ4v) is 15.2. The zero-order valence-corrected chi connectivity index (χ0v) is 80.8. The zero-order chi connectivity index (χ0) is 101. The van der Waals surface area contributed by atoms with Gasteiger partial charge in [-0.3, -0.25) is 19.2 Å². The van der Waals surface area contributed by atoms with Crippen LogP contribution in [0.1, 0.15) is 129 Å². The number of rotatable bonds is 31. The summed E-state index contributed by atoms with van der Waals surface area (Å²) in [6, 6.07) is 71.6. The van der Waals surface area contributed by atoms with Crippen LogP contribution in [0.25, 0.3) is 88.4 Å². The average Bonchev–Trinajstić information content (AvgIpc) is 1.73. The Morgan fingerprint density at radius 1 is 0.357 bits per heavy atom. The number of furan rings is 4. The first kappa shape index (κ1) is 110. The number of carbonyl (C=O) groups is 6. The van der Waals surface area contributed by atoms with Crippen LogP contribution in [0.2, 0.25) is 0 Å². The molecule has 4 heterocycles. The Morgan fingerprint density at radius 3 is 0.944 bits per heavy atom. The van der Waals surface area contributed by atoms with Crippen molar-refractivity contribution < 1.29 is 142 Å². The minimum absolute atomic E-state index is 0. The number of hydrogen-bond donors (Lipinski definition) is 7. The molecule has 0 atom stereocenters. The van der Waals surface area contributed by atoms with Crippen molar-refractivity contribution in [3.63, 3.8) is 0 Å². The van der Waals surface area contributed by atoms with Gasteiger partial charge in [-0.2, -0.15) is 0 Å². The Hall–Kier alpha value is -15.4. The van der Waals surface area contributed by atoms with Crippen molar-refractivity contribution in [2.75, 3.05) is 19.8 Å². The number of para-hydroxylation sites is 4. The smallest absolute Gasteiger partial charge is 0.870 e. The predicted octanol–water partition coefficient (Wildman–Crippen LogP) is 20.3. The van der Waals surface area contributed by atoms with Gasteiger partial charge >= 0.3 is 54.9 Å². The largest absolute Gasteiger partial charge is 1.00 e. The molecule has 143 heavy (non-hydrogen) atoms. The Kier molecular flexibility index (Phi) is 40.0. The van der Waals surface area contributed by atoms with Crippen molar-refractivity contribution in [2.45, 2.75) is 152 Å². The van der Waals surface area contributed by atoms with Gasteiger partial charge in [-0.25, -0.2) is 27.2 Å².